The minimum absolute atomic E-state index is 0.116. The number of hydrogen-bond donors (Lipinski definition) is 2. The van der Waals surface area contributed by atoms with Gasteiger partial charge in [-0.3, -0.25) is 9.59 Å². The molecule has 140 valence electrons. The molecule has 2 N–H and O–H groups in total. The number of carbonyl (C=O) groups excluding carboxylic acids is 1. The first-order valence-corrected chi connectivity index (χ1v) is 9.32. The molecular weight excluding hydrogens is 368 g/mol. The molecule has 0 bridgehead atoms. The third-order valence-electron chi connectivity index (χ3n) is 5.16. The van der Waals surface area contributed by atoms with Crippen LogP contribution in [-0.2, 0) is 4.79 Å². The van der Waals surface area contributed by atoms with Crippen molar-refractivity contribution in [1.29, 1.82) is 0 Å². The zero-order valence-corrected chi connectivity index (χ0v) is 15.3. The smallest absolute Gasteiger partial charge is 0.311 e. The van der Waals surface area contributed by atoms with Crippen molar-refractivity contribution < 1.29 is 14.7 Å². The fourth-order valence-electron chi connectivity index (χ4n) is 3.82. The summed E-state index contributed by atoms with van der Waals surface area (Å²) in [6.07, 6.45) is 3.90. The minimum atomic E-state index is -0.893. The van der Waals surface area contributed by atoms with E-state index in [4.69, 9.17) is 11.6 Å². The number of rotatable bonds is 4. The quantitative estimate of drug-likeness (QED) is 0.838. The SMILES string of the molecule is O=C(NC1CC(C(=O)O)c2ccccc21)c1nc(N2CCCC2)ncc1Cl. The number of hydrogen-bond acceptors (Lipinski definition) is 5. The zero-order valence-electron chi connectivity index (χ0n) is 14.6. The molecule has 7 nitrogen and oxygen atoms in total. The lowest BCUT2D eigenvalue weighted by Crippen LogP contribution is -2.30. The number of carbonyl (C=O) groups is 2. The number of carboxylic acid groups (broad SMARTS) is 1. The Labute approximate surface area is 161 Å². The van der Waals surface area contributed by atoms with Gasteiger partial charge in [0, 0.05) is 13.1 Å². The van der Waals surface area contributed by atoms with E-state index in [2.05, 4.69) is 15.3 Å². The topological polar surface area (TPSA) is 95.4 Å². The summed E-state index contributed by atoms with van der Waals surface area (Å²) in [6.45, 7) is 1.72. The van der Waals surface area contributed by atoms with E-state index in [1.165, 1.54) is 6.20 Å². The van der Waals surface area contributed by atoms with Crippen LogP contribution in [0.4, 0.5) is 5.95 Å². The van der Waals surface area contributed by atoms with Crippen molar-refractivity contribution in [2.24, 2.45) is 0 Å². The van der Waals surface area contributed by atoms with Crippen molar-refractivity contribution in [2.45, 2.75) is 31.2 Å². The molecule has 1 aliphatic carbocycles. The molecule has 4 rings (SSSR count). The number of nitrogens with zero attached hydrogens (tertiary/aromatic N) is 3. The molecule has 0 radical (unpaired) electrons. The third kappa shape index (κ3) is 3.35. The predicted octanol–water partition coefficient (Wildman–Crippen LogP) is 2.77. The monoisotopic (exact) mass is 386 g/mol. The lowest BCUT2D eigenvalue weighted by Gasteiger charge is -2.17. The fraction of sp³-hybridized carbons (Fsp3) is 0.368. The second-order valence-electron chi connectivity index (χ2n) is 6.84. The number of fused-ring (bicyclic) bond motifs is 1. The van der Waals surface area contributed by atoms with E-state index in [9.17, 15) is 14.7 Å². The Hall–Kier alpha value is -2.67. The van der Waals surface area contributed by atoms with Gasteiger partial charge in [-0.05, 0) is 30.4 Å². The number of anilines is 1. The van der Waals surface area contributed by atoms with Gasteiger partial charge in [0.05, 0.1) is 23.2 Å². The van der Waals surface area contributed by atoms with Crippen molar-refractivity contribution in [3.63, 3.8) is 0 Å². The maximum atomic E-state index is 12.8. The first kappa shape index (κ1) is 17.7. The highest BCUT2D eigenvalue weighted by Crippen LogP contribution is 2.40. The van der Waals surface area contributed by atoms with Gasteiger partial charge in [0.25, 0.3) is 5.91 Å². The first-order chi connectivity index (χ1) is 13.0. The summed E-state index contributed by atoms with van der Waals surface area (Å²) >= 11 is 6.16. The standard InChI is InChI=1S/C19H19ClN4O3/c20-14-10-21-19(24-7-3-4-8-24)23-16(14)17(25)22-15-9-13(18(26)27)11-5-1-2-6-12(11)15/h1-2,5-6,10,13,15H,3-4,7-9H2,(H,22,25)(H,26,27). The largest absolute Gasteiger partial charge is 0.481 e. The molecule has 1 saturated heterocycles. The molecule has 2 aromatic rings. The summed E-state index contributed by atoms with van der Waals surface area (Å²) < 4.78 is 0. The van der Waals surface area contributed by atoms with Crippen molar-refractivity contribution in [3.8, 4) is 0 Å². The molecule has 27 heavy (non-hydrogen) atoms. The van der Waals surface area contributed by atoms with Gasteiger partial charge in [0.2, 0.25) is 5.95 Å². The van der Waals surface area contributed by atoms with E-state index in [0.29, 0.717) is 12.4 Å². The van der Waals surface area contributed by atoms with Gasteiger partial charge in [-0.15, -0.1) is 0 Å². The number of amides is 1. The summed E-state index contributed by atoms with van der Waals surface area (Å²) in [5.41, 5.74) is 1.68. The van der Waals surface area contributed by atoms with E-state index >= 15 is 0 Å². The second kappa shape index (κ2) is 7.15. The van der Waals surface area contributed by atoms with Gasteiger partial charge in [-0.2, -0.15) is 0 Å². The number of halogens is 1. The molecule has 2 unspecified atom stereocenters. The molecule has 1 aromatic carbocycles. The Kier molecular flexibility index (Phi) is 4.70. The number of benzene rings is 1. The summed E-state index contributed by atoms with van der Waals surface area (Å²) in [7, 11) is 0. The van der Waals surface area contributed by atoms with E-state index in [0.717, 1.165) is 37.1 Å². The molecule has 1 aliphatic heterocycles. The van der Waals surface area contributed by atoms with E-state index in [1.807, 2.05) is 23.1 Å². The van der Waals surface area contributed by atoms with E-state index in [-0.39, 0.29) is 10.7 Å². The minimum Gasteiger partial charge on any atom is -0.481 e. The molecule has 2 aliphatic rings. The molecule has 8 heteroatoms. The lowest BCUT2D eigenvalue weighted by atomic mass is 10.0. The summed E-state index contributed by atoms with van der Waals surface area (Å²) in [5.74, 6) is -1.45. The number of carboxylic acids is 1. The predicted molar refractivity (Wildman–Crippen MR) is 100 cm³/mol. The van der Waals surface area contributed by atoms with Gasteiger partial charge in [0.1, 0.15) is 0 Å². The Morgan fingerprint density at radius 2 is 1.89 bits per heavy atom. The van der Waals surface area contributed by atoms with E-state index in [1.54, 1.807) is 6.07 Å². The molecule has 2 heterocycles. The number of nitrogens with one attached hydrogen (secondary N) is 1. The lowest BCUT2D eigenvalue weighted by molar-refractivity contribution is -0.138. The van der Waals surface area contributed by atoms with Crippen molar-refractivity contribution in [3.05, 3.63) is 52.3 Å². The van der Waals surface area contributed by atoms with Gasteiger partial charge in [-0.1, -0.05) is 35.9 Å². The number of aromatic nitrogens is 2. The highest BCUT2D eigenvalue weighted by Gasteiger charge is 2.36. The van der Waals surface area contributed by atoms with Crippen LogP contribution in [0, 0.1) is 0 Å². The van der Waals surface area contributed by atoms with Crippen LogP contribution in [0.5, 0.6) is 0 Å². The van der Waals surface area contributed by atoms with Gasteiger partial charge in [0.15, 0.2) is 5.69 Å². The average molecular weight is 387 g/mol. The Morgan fingerprint density at radius 3 is 2.59 bits per heavy atom. The molecule has 1 aromatic heterocycles. The molecule has 1 fully saturated rings. The Bertz CT molecular complexity index is 898. The Balaban J connectivity index is 1.58. The normalized spacial score (nSPS) is 21.1. The summed E-state index contributed by atoms with van der Waals surface area (Å²) in [6, 6.07) is 6.90. The van der Waals surface area contributed by atoms with Crippen LogP contribution in [0.2, 0.25) is 5.02 Å². The second-order valence-corrected chi connectivity index (χ2v) is 7.25. The van der Waals surface area contributed by atoms with Crippen LogP contribution < -0.4 is 10.2 Å². The van der Waals surface area contributed by atoms with Gasteiger partial charge < -0.3 is 15.3 Å². The molecular formula is C19H19ClN4O3. The van der Waals surface area contributed by atoms with Crippen LogP contribution in [0.3, 0.4) is 0 Å². The molecule has 0 saturated carbocycles. The number of aliphatic carboxylic acids is 1. The molecule has 1 amide bonds. The van der Waals surface area contributed by atoms with Crippen LogP contribution in [0.15, 0.2) is 30.5 Å². The van der Waals surface area contributed by atoms with Gasteiger partial charge in [-0.25, -0.2) is 9.97 Å². The van der Waals surface area contributed by atoms with Crippen LogP contribution >= 0.6 is 11.6 Å². The first-order valence-electron chi connectivity index (χ1n) is 8.94. The van der Waals surface area contributed by atoms with Crippen molar-refractivity contribution in [1.82, 2.24) is 15.3 Å². The maximum absolute atomic E-state index is 12.8. The Morgan fingerprint density at radius 1 is 1.19 bits per heavy atom. The summed E-state index contributed by atoms with van der Waals surface area (Å²) in [5, 5.41) is 12.5. The van der Waals surface area contributed by atoms with Crippen LogP contribution in [-0.4, -0.2) is 40.0 Å². The zero-order chi connectivity index (χ0) is 19.0. The highest BCUT2D eigenvalue weighted by molar-refractivity contribution is 6.33. The third-order valence-corrected chi connectivity index (χ3v) is 5.43. The molecule has 0 spiro atoms. The maximum Gasteiger partial charge on any atom is 0.311 e. The van der Waals surface area contributed by atoms with Crippen molar-refractivity contribution >= 4 is 29.4 Å². The van der Waals surface area contributed by atoms with Crippen LogP contribution in [0.1, 0.15) is 52.8 Å². The highest BCUT2D eigenvalue weighted by atomic mass is 35.5. The van der Waals surface area contributed by atoms with Gasteiger partial charge >= 0.3 is 5.97 Å². The molecule has 2 atom stereocenters. The fourth-order valence-corrected chi connectivity index (χ4v) is 4.00. The van der Waals surface area contributed by atoms with Crippen LogP contribution in [0.25, 0.3) is 0 Å². The van der Waals surface area contributed by atoms with Crippen molar-refractivity contribution in [2.75, 3.05) is 18.0 Å². The van der Waals surface area contributed by atoms with E-state index < -0.39 is 23.8 Å². The summed E-state index contributed by atoms with van der Waals surface area (Å²) in [4.78, 5) is 35.0. The average Bonchev–Trinajstić information content (AvgIpc) is 3.31.